The van der Waals surface area contributed by atoms with Crippen LogP contribution in [0.1, 0.15) is 32.3 Å². The highest BCUT2D eigenvalue weighted by atomic mass is 16.5. The van der Waals surface area contributed by atoms with Crippen molar-refractivity contribution in [2.24, 2.45) is 0 Å². The van der Waals surface area contributed by atoms with Crippen molar-refractivity contribution in [3.8, 4) is 17.2 Å². The summed E-state index contributed by atoms with van der Waals surface area (Å²) in [5, 5.41) is 0. The fourth-order valence-corrected chi connectivity index (χ4v) is 1.61. The summed E-state index contributed by atoms with van der Waals surface area (Å²) in [4.78, 5) is 0. The predicted molar refractivity (Wildman–Crippen MR) is 64.8 cm³/mol. The molecule has 0 saturated heterocycles. The predicted octanol–water partition coefficient (Wildman–Crippen LogP) is 3.23. The van der Waals surface area contributed by atoms with Gasteiger partial charge in [0, 0.05) is 11.6 Å². The number of rotatable bonds is 5. The Hall–Kier alpha value is -1.38. The second-order valence-electron chi connectivity index (χ2n) is 3.83. The normalized spacial score (nSPS) is 10.4. The fourth-order valence-electron chi connectivity index (χ4n) is 1.61. The molecule has 0 unspecified atom stereocenters. The lowest BCUT2D eigenvalue weighted by Gasteiger charge is -2.16. The van der Waals surface area contributed by atoms with Crippen LogP contribution in [0.2, 0.25) is 0 Å². The van der Waals surface area contributed by atoms with Gasteiger partial charge in [-0.1, -0.05) is 13.8 Å². The van der Waals surface area contributed by atoms with Crippen LogP contribution in [0.5, 0.6) is 17.2 Å². The van der Waals surface area contributed by atoms with E-state index in [0.29, 0.717) is 12.5 Å². The van der Waals surface area contributed by atoms with E-state index in [4.69, 9.17) is 14.2 Å². The first kappa shape index (κ1) is 12.7. The zero-order valence-corrected chi connectivity index (χ0v) is 10.7. The molecule has 0 spiro atoms. The van der Waals surface area contributed by atoms with Crippen LogP contribution in [-0.2, 0) is 0 Å². The average Bonchev–Trinajstić information content (AvgIpc) is 2.28. The van der Waals surface area contributed by atoms with Crippen molar-refractivity contribution in [1.29, 1.82) is 0 Å². The van der Waals surface area contributed by atoms with Gasteiger partial charge in [0.15, 0.2) is 11.5 Å². The number of hydrogen-bond acceptors (Lipinski definition) is 3. The lowest BCUT2D eigenvalue weighted by Crippen LogP contribution is -2.00. The average molecular weight is 224 g/mol. The number of hydrogen-bond donors (Lipinski definition) is 0. The Morgan fingerprint density at radius 3 is 2.06 bits per heavy atom. The number of benzene rings is 1. The van der Waals surface area contributed by atoms with Gasteiger partial charge < -0.3 is 14.2 Å². The molecule has 1 rings (SSSR count). The summed E-state index contributed by atoms with van der Waals surface area (Å²) in [6, 6.07) is 3.87. The molecule has 0 amide bonds. The minimum Gasteiger partial charge on any atom is -0.496 e. The number of ether oxygens (including phenoxy) is 3. The molecule has 1 aromatic rings. The van der Waals surface area contributed by atoms with Gasteiger partial charge in [-0.15, -0.1) is 0 Å². The molecule has 16 heavy (non-hydrogen) atoms. The van der Waals surface area contributed by atoms with E-state index in [9.17, 15) is 0 Å². The second-order valence-corrected chi connectivity index (χ2v) is 3.83. The molecule has 0 atom stereocenters. The standard InChI is InChI=1S/C13H20O3/c1-6-16-13-8-11(14-4)10(9(2)3)7-12(13)15-5/h7-9H,6H2,1-5H3. The zero-order chi connectivity index (χ0) is 12.1. The smallest absolute Gasteiger partial charge is 0.164 e. The molecule has 1 aromatic carbocycles. The second kappa shape index (κ2) is 5.64. The lowest BCUT2D eigenvalue weighted by atomic mass is 10.0. The van der Waals surface area contributed by atoms with Crippen LogP contribution in [0, 0.1) is 0 Å². The van der Waals surface area contributed by atoms with E-state index in [-0.39, 0.29) is 0 Å². The van der Waals surface area contributed by atoms with Crippen LogP contribution >= 0.6 is 0 Å². The topological polar surface area (TPSA) is 27.7 Å². The third-order valence-corrected chi connectivity index (χ3v) is 2.44. The Labute approximate surface area is 97.3 Å². The van der Waals surface area contributed by atoms with Gasteiger partial charge >= 0.3 is 0 Å². The van der Waals surface area contributed by atoms with Crippen molar-refractivity contribution in [1.82, 2.24) is 0 Å². The van der Waals surface area contributed by atoms with Crippen molar-refractivity contribution >= 4 is 0 Å². The first-order valence-electron chi connectivity index (χ1n) is 5.52. The largest absolute Gasteiger partial charge is 0.496 e. The summed E-state index contributed by atoms with van der Waals surface area (Å²) in [5.74, 6) is 2.72. The molecule has 3 nitrogen and oxygen atoms in total. The Bertz CT molecular complexity index is 345. The van der Waals surface area contributed by atoms with E-state index >= 15 is 0 Å². The molecular weight excluding hydrogens is 204 g/mol. The van der Waals surface area contributed by atoms with Gasteiger partial charge in [0.2, 0.25) is 0 Å². The highest BCUT2D eigenvalue weighted by Gasteiger charge is 2.14. The maximum Gasteiger partial charge on any atom is 0.164 e. The van der Waals surface area contributed by atoms with Gasteiger partial charge in [-0.25, -0.2) is 0 Å². The van der Waals surface area contributed by atoms with Crippen LogP contribution in [0.3, 0.4) is 0 Å². The quantitative estimate of drug-likeness (QED) is 0.768. The van der Waals surface area contributed by atoms with Gasteiger partial charge in [-0.3, -0.25) is 0 Å². The summed E-state index contributed by atoms with van der Waals surface area (Å²) < 4.78 is 16.2. The van der Waals surface area contributed by atoms with Gasteiger partial charge in [-0.05, 0) is 18.9 Å². The van der Waals surface area contributed by atoms with Crippen molar-refractivity contribution < 1.29 is 14.2 Å². The molecule has 0 aliphatic rings. The molecule has 0 fully saturated rings. The Morgan fingerprint density at radius 2 is 1.62 bits per heavy atom. The number of methoxy groups -OCH3 is 2. The van der Waals surface area contributed by atoms with Crippen molar-refractivity contribution in [3.05, 3.63) is 17.7 Å². The van der Waals surface area contributed by atoms with E-state index in [0.717, 1.165) is 22.8 Å². The molecule has 90 valence electrons. The van der Waals surface area contributed by atoms with Crippen LogP contribution in [0.4, 0.5) is 0 Å². The lowest BCUT2D eigenvalue weighted by molar-refractivity contribution is 0.306. The fraction of sp³-hybridized carbons (Fsp3) is 0.538. The summed E-state index contributed by atoms with van der Waals surface area (Å²) in [7, 11) is 3.32. The molecular formula is C13H20O3. The van der Waals surface area contributed by atoms with Gasteiger partial charge in [0.1, 0.15) is 5.75 Å². The van der Waals surface area contributed by atoms with Gasteiger partial charge in [-0.2, -0.15) is 0 Å². The molecule has 0 aliphatic carbocycles. The zero-order valence-electron chi connectivity index (χ0n) is 10.7. The first-order chi connectivity index (χ1) is 7.63. The molecule has 0 radical (unpaired) electrons. The summed E-state index contributed by atoms with van der Waals surface area (Å²) >= 11 is 0. The molecule has 0 bridgehead atoms. The van der Waals surface area contributed by atoms with Crippen molar-refractivity contribution in [3.63, 3.8) is 0 Å². The minimum atomic E-state index is 0.388. The maximum absolute atomic E-state index is 5.50. The minimum absolute atomic E-state index is 0.388. The van der Waals surface area contributed by atoms with Crippen molar-refractivity contribution in [2.75, 3.05) is 20.8 Å². The van der Waals surface area contributed by atoms with Gasteiger partial charge in [0.05, 0.1) is 20.8 Å². The summed E-state index contributed by atoms with van der Waals surface area (Å²) in [6.07, 6.45) is 0. The molecule has 0 heterocycles. The molecule has 0 aliphatic heterocycles. The first-order valence-corrected chi connectivity index (χ1v) is 5.52. The molecule has 0 N–H and O–H groups in total. The summed E-state index contributed by atoms with van der Waals surface area (Å²) in [5.41, 5.74) is 1.13. The highest BCUT2D eigenvalue weighted by molar-refractivity contribution is 5.51. The SMILES string of the molecule is CCOc1cc(OC)c(C(C)C)cc1OC. The van der Waals surface area contributed by atoms with Crippen LogP contribution in [0.25, 0.3) is 0 Å². The molecule has 0 aromatic heterocycles. The van der Waals surface area contributed by atoms with E-state index in [1.807, 2.05) is 19.1 Å². The Morgan fingerprint density at radius 1 is 1.00 bits per heavy atom. The van der Waals surface area contributed by atoms with E-state index in [1.54, 1.807) is 14.2 Å². The third kappa shape index (κ3) is 2.60. The van der Waals surface area contributed by atoms with Crippen LogP contribution in [-0.4, -0.2) is 20.8 Å². The Kier molecular flexibility index (Phi) is 4.47. The van der Waals surface area contributed by atoms with Crippen LogP contribution in [0.15, 0.2) is 12.1 Å². The van der Waals surface area contributed by atoms with E-state index in [1.165, 1.54) is 0 Å². The molecule has 3 heteroatoms. The maximum atomic E-state index is 5.50. The third-order valence-electron chi connectivity index (χ3n) is 2.44. The molecule has 0 saturated carbocycles. The Balaban J connectivity index is 3.22. The van der Waals surface area contributed by atoms with E-state index < -0.39 is 0 Å². The highest BCUT2D eigenvalue weighted by Crippen LogP contribution is 2.37. The van der Waals surface area contributed by atoms with E-state index in [2.05, 4.69) is 13.8 Å². The van der Waals surface area contributed by atoms with Crippen LogP contribution < -0.4 is 14.2 Å². The van der Waals surface area contributed by atoms with Gasteiger partial charge in [0.25, 0.3) is 0 Å². The monoisotopic (exact) mass is 224 g/mol. The summed E-state index contributed by atoms with van der Waals surface area (Å²) in [6.45, 7) is 6.80. The van der Waals surface area contributed by atoms with Crippen molar-refractivity contribution in [2.45, 2.75) is 26.7 Å².